The van der Waals surface area contributed by atoms with Crippen molar-refractivity contribution in [3.63, 3.8) is 0 Å². The number of benzene rings is 2. The number of ether oxygens (including phenoxy) is 1. The SMILES string of the molecule is COc1ccc(N2C(=S)N[C@H](c3ccccn3)[C@@H]2c2cc(C)n(-c3cccc(C(=O)O)c3)c2C)cc1. The van der Waals surface area contributed by atoms with Crippen molar-refractivity contribution in [2.75, 3.05) is 12.0 Å². The number of aromatic carboxylic acids is 1. The van der Waals surface area contributed by atoms with E-state index in [1.165, 1.54) is 0 Å². The Hall–Kier alpha value is -4.17. The van der Waals surface area contributed by atoms with Gasteiger partial charge < -0.3 is 24.6 Å². The zero-order valence-corrected chi connectivity index (χ0v) is 21.0. The molecule has 36 heavy (non-hydrogen) atoms. The molecule has 3 heterocycles. The first kappa shape index (κ1) is 23.6. The fourth-order valence-corrected chi connectivity index (χ4v) is 5.30. The number of rotatable bonds is 6. The summed E-state index contributed by atoms with van der Waals surface area (Å²) in [5.74, 6) is -0.183. The second kappa shape index (κ2) is 9.47. The third-order valence-electron chi connectivity index (χ3n) is 6.59. The van der Waals surface area contributed by atoms with Crippen LogP contribution in [0.2, 0.25) is 0 Å². The minimum absolute atomic E-state index is 0.177. The molecule has 0 unspecified atom stereocenters. The van der Waals surface area contributed by atoms with Crippen LogP contribution in [0.4, 0.5) is 5.69 Å². The fourth-order valence-electron chi connectivity index (χ4n) is 4.95. The highest BCUT2D eigenvalue weighted by molar-refractivity contribution is 7.80. The van der Waals surface area contributed by atoms with Gasteiger partial charge in [-0.25, -0.2) is 4.79 Å². The van der Waals surface area contributed by atoms with Crippen molar-refractivity contribution in [2.24, 2.45) is 0 Å². The lowest BCUT2D eigenvalue weighted by atomic mass is 9.96. The van der Waals surface area contributed by atoms with E-state index in [9.17, 15) is 9.90 Å². The molecule has 0 aliphatic carbocycles. The zero-order valence-electron chi connectivity index (χ0n) is 20.2. The number of carbonyl (C=O) groups is 1. The fraction of sp³-hybridized carbons (Fsp3) is 0.179. The van der Waals surface area contributed by atoms with E-state index in [0.29, 0.717) is 5.11 Å². The third kappa shape index (κ3) is 4.09. The Bertz CT molecular complexity index is 1430. The Balaban J connectivity index is 1.66. The number of hydrogen-bond donors (Lipinski definition) is 2. The summed E-state index contributed by atoms with van der Waals surface area (Å²) >= 11 is 5.84. The number of thiocarbonyl (C=S) groups is 1. The molecule has 2 N–H and O–H groups in total. The van der Waals surface area contributed by atoms with E-state index in [4.69, 9.17) is 17.0 Å². The van der Waals surface area contributed by atoms with Crippen molar-refractivity contribution < 1.29 is 14.6 Å². The summed E-state index contributed by atoms with van der Waals surface area (Å²) in [6.07, 6.45) is 1.79. The van der Waals surface area contributed by atoms with Crippen LogP contribution in [-0.4, -0.2) is 32.8 Å². The van der Waals surface area contributed by atoms with E-state index in [1.807, 2.05) is 55.5 Å². The quantitative estimate of drug-likeness (QED) is 0.346. The molecule has 0 saturated carbocycles. The molecule has 2 aromatic heterocycles. The Morgan fingerprint density at radius 3 is 2.47 bits per heavy atom. The zero-order chi connectivity index (χ0) is 25.4. The van der Waals surface area contributed by atoms with E-state index in [0.717, 1.165) is 39.8 Å². The van der Waals surface area contributed by atoms with E-state index in [2.05, 4.69) is 32.8 Å². The summed E-state index contributed by atoms with van der Waals surface area (Å²) in [5, 5.41) is 13.6. The van der Waals surface area contributed by atoms with Gasteiger partial charge in [-0.3, -0.25) is 4.98 Å². The van der Waals surface area contributed by atoms with Gasteiger partial charge in [0.2, 0.25) is 0 Å². The molecule has 8 heteroatoms. The molecular formula is C28H26N4O3S. The molecule has 4 aromatic rings. The first-order valence-corrected chi connectivity index (χ1v) is 12.0. The second-order valence-corrected chi connectivity index (χ2v) is 9.10. The Morgan fingerprint density at radius 1 is 1.03 bits per heavy atom. The maximum atomic E-state index is 11.6. The second-order valence-electron chi connectivity index (χ2n) is 8.71. The average Bonchev–Trinajstić information content (AvgIpc) is 3.39. The van der Waals surface area contributed by atoms with Gasteiger partial charge in [0, 0.05) is 29.0 Å². The van der Waals surface area contributed by atoms with Crippen molar-refractivity contribution in [1.82, 2.24) is 14.9 Å². The number of nitrogens with one attached hydrogen (secondary N) is 1. The maximum Gasteiger partial charge on any atom is 0.335 e. The van der Waals surface area contributed by atoms with E-state index >= 15 is 0 Å². The van der Waals surface area contributed by atoms with Crippen molar-refractivity contribution in [3.8, 4) is 11.4 Å². The molecule has 7 nitrogen and oxygen atoms in total. The number of pyridine rings is 1. The molecule has 2 atom stereocenters. The standard InChI is InChI=1S/C28H26N4O3S/c1-17-15-23(18(2)31(17)21-8-6-7-19(16-21)27(33)34)26-25(24-9-4-5-14-29-24)30-28(36)32(26)20-10-12-22(35-3)13-11-20/h4-16,25-26H,1-3H3,(H,30,36)(H,33,34)/t25-,26+/m1/s1. The molecular weight excluding hydrogens is 472 g/mol. The van der Waals surface area contributed by atoms with Crippen molar-refractivity contribution in [1.29, 1.82) is 0 Å². The number of aryl methyl sites for hydroxylation is 1. The molecule has 1 fully saturated rings. The summed E-state index contributed by atoms with van der Waals surface area (Å²) in [7, 11) is 1.64. The third-order valence-corrected chi connectivity index (χ3v) is 6.90. The monoisotopic (exact) mass is 498 g/mol. The van der Waals surface area contributed by atoms with Crippen LogP contribution in [-0.2, 0) is 0 Å². The van der Waals surface area contributed by atoms with E-state index < -0.39 is 5.97 Å². The minimum atomic E-state index is -0.953. The van der Waals surface area contributed by atoms with Gasteiger partial charge in [-0.2, -0.15) is 0 Å². The lowest BCUT2D eigenvalue weighted by Crippen LogP contribution is -2.29. The van der Waals surface area contributed by atoms with Gasteiger partial charge in [0.05, 0.1) is 30.5 Å². The number of carboxylic acid groups (broad SMARTS) is 1. The summed E-state index contributed by atoms with van der Waals surface area (Å²) in [4.78, 5) is 18.3. The van der Waals surface area contributed by atoms with Crippen molar-refractivity contribution in [2.45, 2.75) is 25.9 Å². The molecule has 0 radical (unpaired) electrons. The summed E-state index contributed by atoms with van der Waals surface area (Å²) in [5.41, 5.74) is 5.95. The molecule has 2 aromatic carbocycles. The lowest BCUT2D eigenvalue weighted by Gasteiger charge is -2.28. The summed E-state index contributed by atoms with van der Waals surface area (Å²) < 4.78 is 7.44. The largest absolute Gasteiger partial charge is 0.497 e. The van der Waals surface area contributed by atoms with Crippen LogP contribution >= 0.6 is 12.2 Å². The normalized spacial score (nSPS) is 17.2. The van der Waals surface area contributed by atoms with Gasteiger partial charge in [-0.05, 0) is 92.3 Å². The predicted molar refractivity (Wildman–Crippen MR) is 143 cm³/mol. The van der Waals surface area contributed by atoms with E-state index in [1.54, 1.807) is 31.5 Å². The first-order valence-electron chi connectivity index (χ1n) is 11.6. The minimum Gasteiger partial charge on any atom is -0.497 e. The Labute approximate surface area is 215 Å². The van der Waals surface area contributed by atoms with Crippen LogP contribution in [0.1, 0.15) is 45.1 Å². The molecule has 0 spiro atoms. The van der Waals surface area contributed by atoms with Crippen LogP contribution < -0.4 is 15.0 Å². The van der Waals surface area contributed by atoms with Crippen LogP contribution in [0.5, 0.6) is 5.75 Å². The van der Waals surface area contributed by atoms with Crippen LogP contribution in [0.15, 0.2) is 79.0 Å². The number of anilines is 1. The van der Waals surface area contributed by atoms with Gasteiger partial charge in [0.1, 0.15) is 5.75 Å². The topological polar surface area (TPSA) is 79.6 Å². The van der Waals surface area contributed by atoms with Gasteiger partial charge in [-0.15, -0.1) is 0 Å². The highest BCUT2D eigenvalue weighted by Gasteiger charge is 2.42. The number of methoxy groups -OCH3 is 1. The highest BCUT2D eigenvalue weighted by Crippen LogP contribution is 2.44. The number of aromatic nitrogens is 2. The summed E-state index contributed by atoms with van der Waals surface area (Å²) in [6.45, 7) is 4.08. The Kier molecular flexibility index (Phi) is 6.20. The molecule has 1 aliphatic heterocycles. The molecule has 182 valence electrons. The molecule has 1 saturated heterocycles. The highest BCUT2D eigenvalue weighted by atomic mass is 32.1. The molecule has 0 amide bonds. The smallest absolute Gasteiger partial charge is 0.335 e. The number of nitrogens with zero attached hydrogens (tertiary/aromatic N) is 3. The van der Waals surface area contributed by atoms with Crippen molar-refractivity contribution >= 4 is 29.0 Å². The number of carboxylic acids is 1. The van der Waals surface area contributed by atoms with Gasteiger partial charge in [0.15, 0.2) is 5.11 Å². The summed E-state index contributed by atoms with van der Waals surface area (Å²) in [6, 6.07) is 22.5. The van der Waals surface area contributed by atoms with Crippen LogP contribution in [0.3, 0.4) is 0 Å². The first-order chi connectivity index (χ1) is 17.4. The molecule has 0 bridgehead atoms. The lowest BCUT2D eigenvalue weighted by molar-refractivity contribution is 0.0697. The number of hydrogen-bond acceptors (Lipinski definition) is 4. The van der Waals surface area contributed by atoms with E-state index in [-0.39, 0.29) is 17.6 Å². The predicted octanol–water partition coefficient (Wildman–Crippen LogP) is 5.37. The molecule has 5 rings (SSSR count). The van der Waals surface area contributed by atoms with Crippen LogP contribution in [0.25, 0.3) is 5.69 Å². The molecule has 1 aliphatic rings. The van der Waals surface area contributed by atoms with Crippen molar-refractivity contribution in [3.05, 3.63) is 107 Å². The average molecular weight is 499 g/mol. The van der Waals surface area contributed by atoms with Gasteiger partial charge >= 0.3 is 5.97 Å². The Morgan fingerprint density at radius 2 is 1.81 bits per heavy atom. The maximum absolute atomic E-state index is 11.6. The van der Waals surface area contributed by atoms with Gasteiger partial charge in [0.25, 0.3) is 0 Å². The van der Waals surface area contributed by atoms with Crippen LogP contribution in [0, 0.1) is 13.8 Å². The van der Waals surface area contributed by atoms with Gasteiger partial charge in [-0.1, -0.05) is 12.1 Å².